The summed E-state index contributed by atoms with van der Waals surface area (Å²) in [7, 11) is 0. The van der Waals surface area contributed by atoms with E-state index in [1.165, 1.54) is 5.56 Å². The molecule has 0 spiro atoms. The maximum Gasteiger partial charge on any atom is 0.240 e. The Balaban J connectivity index is 1.56. The van der Waals surface area contributed by atoms with Crippen molar-refractivity contribution in [2.45, 2.75) is 45.2 Å². The molecule has 0 bridgehead atoms. The van der Waals surface area contributed by atoms with Gasteiger partial charge in [-0.1, -0.05) is 37.3 Å². The van der Waals surface area contributed by atoms with Crippen LogP contribution in [0.3, 0.4) is 0 Å². The van der Waals surface area contributed by atoms with Crippen LogP contribution in [0.25, 0.3) is 0 Å². The quantitative estimate of drug-likeness (QED) is 0.823. The lowest BCUT2D eigenvalue weighted by Crippen LogP contribution is -2.44. The predicted molar refractivity (Wildman–Crippen MR) is 97.9 cm³/mol. The summed E-state index contributed by atoms with van der Waals surface area (Å²) < 4.78 is 0. The van der Waals surface area contributed by atoms with Crippen LogP contribution in [0.2, 0.25) is 0 Å². The minimum Gasteiger partial charge on any atom is -0.341 e. The van der Waals surface area contributed by atoms with Crippen LogP contribution in [0, 0.1) is 0 Å². The second kappa shape index (κ2) is 8.48. The molecule has 2 fully saturated rings. The van der Waals surface area contributed by atoms with E-state index in [0.29, 0.717) is 13.0 Å². The molecule has 2 aliphatic heterocycles. The Kier molecular flexibility index (Phi) is 6.08. The summed E-state index contributed by atoms with van der Waals surface area (Å²) in [4.78, 5) is 31.2. The first-order valence-corrected chi connectivity index (χ1v) is 9.53. The molecule has 136 valence electrons. The third-order valence-corrected chi connectivity index (χ3v) is 5.27. The van der Waals surface area contributed by atoms with E-state index in [0.717, 1.165) is 52.0 Å². The summed E-state index contributed by atoms with van der Waals surface area (Å²) >= 11 is 0. The summed E-state index contributed by atoms with van der Waals surface area (Å²) in [5.41, 5.74) is 1.18. The summed E-state index contributed by atoms with van der Waals surface area (Å²) in [6.07, 6.45) is 3.38. The number of hydrogen-bond donors (Lipinski definition) is 0. The number of hydrogen-bond acceptors (Lipinski definition) is 3. The van der Waals surface area contributed by atoms with E-state index in [-0.39, 0.29) is 17.9 Å². The SMILES string of the molecule is CCCC(=O)N1CCCN([C@@H]2CCN(Cc3ccccc3)C2=O)CC1. The molecule has 2 saturated heterocycles. The third-order valence-electron chi connectivity index (χ3n) is 5.27. The van der Waals surface area contributed by atoms with E-state index in [2.05, 4.69) is 17.0 Å². The van der Waals surface area contributed by atoms with Gasteiger partial charge in [0.25, 0.3) is 0 Å². The molecule has 5 heteroatoms. The Hall–Kier alpha value is -1.88. The molecule has 0 N–H and O–H groups in total. The predicted octanol–water partition coefficient (Wildman–Crippen LogP) is 2.12. The van der Waals surface area contributed by atoms with Crippen LogP contribution in [-0.2, 0) is 16.1 Å². The molecule has 0 aliphatic carbocycles. The van der Waals surface area contributed by atoms with Gasteiger partial charge in [-0.15, -0.1) is 0 Å². The molecule has 1 aromatic rings. The first kappa shape index (κ1) is 17.9. The molecule has 5 nitrogen and oxygen atoms in total. The second-order valence-electron chi connectivity index (χ2n) is 7.07. The van der Waals surface area contributed by atoms with Crippen molar-refractivity contribution < 1.29 is 9.59 Å². The van der Waals surface area contributed by atoms with Crippen molar-refractivity contribution in [2.24, 2.45) is 0 Å². The fraction of sp³-hybridized carbons (Fsp3) is 0.600. The van der Waals surface area contributed by atoms with Gasteiger partial charge in [-0.05, 0) is 24.8 Å². The number of likely N-dealkylation sites (tertiary alicyclic amines) is 1. The Morgan fingerprint density at radius 3 is 2.64 bits per heavy atom. The standard InChI is InChI=1S/C20H29N3O2/c1-2-7-19(24)22-12-6-11-21(14-15-22)18-10-13-23(20(18)25)16-17-8-4-3-5-9-17/h3-5,8-9,18H,2,6-7,10-16H2,1H3/t18-/m1/s1. The molecular formula is C20H29N3O2. The molecule has 3 rings (SSSR count). The second-order valence-corrected chi connectivity index (χ2v) is 7.07. The Morgan fingerprint density at radius 2 is 1.88 bits per heavy atom. The van der Waals surface area contributed by atoms with Crippen molar-refractivity contribution in [3.05, 3.63) is 35.9 Å². The largest absolute Gasteiger partial charge is 0.341 e. The topological polar surface area (TPSA) is 43.9 Å². The molecular weight excluding hydrogens is 314 g/mol. The van der Waals surface area contributed by atoms with Crippen molar-refractivity contribution >= 4 is 11.8 Å². The fourth-order valence-electron chi connectivity index (χ4n) is 3.89. The molecule has 2 amide bonds. The van der Waals surface area contributed by atoms with Crippen molar-refractivity contribution in [1.82, 2.24) is 14.7 Å². The molecule has 25 heavy (non-hydrogen) atoms. The molecule has 0 aromatic heterocycles. The maximum absolute atomic E-state index is 12.8. The number of carbonyl (C=O) groups is 2. The van der Waals surface area contributed by atoms with Gasteiger partial charge in [0.2, 0.25) is 11.8 Å². The lowest BCUT2D eigenvalue weighted by molar-refractivity contribution is -0.132. The Labute approximate surface area is 150 Å². The Morgan fingerprint density at radius 1 is 1.08 bits per heavy atom. The summed E-state index contributed by atoms with van der Waals surface area (Å²) in [6, 6.07) is 10.2. The number of nitrogens with zero attached hydrogens (tertiary/aromatic N) is 3. The van der Waals surface area contributed by atoms with Gasteiger partial charge in [0.15, 0.2) is 0 Å². The average molecular weight is 343 g/mol. The van der Waals surface area contributed by atoms with Crippen molar-refractivity contribution in [3.63, 3.8) is 0 Å². The van der Waals surface area contributed by atoms with Gasteiger partial charge in [0, 0.05) is 45.7 Å². The first-order valence-electron chi connectivity index (χ1n) is 9.53. The zero-order valence-corrected chi connectivity index (χ0v) is 15.2. The van der Waals surface area contributed by atoms with Crippen LogP contribution in [-0.4, -0.2) is 65.3 Å². The van der Waals surface area contributed by atoms with E-state index < -0.39 is 0 Å². The number of rotatable bonds is 5. The monoisotopic (exact) mass is 343 g/mol. The highest BCUT2D eigenvalue weighted by Crippen LogP contribution is 2.21. The van der Waals surface area contributed by atoms with Crippen molar-refractivity contribution in [1.29, 1.82) is 0 Å². The number of carbonyl (C=O) groups excluding carboxylic acids is 2. The van der Waals surface area contributed by atoms with Crippen LogP contribution in [0.5, 0.6) is 0 Å². The molecule has 0 saturated carbocycles. The molecule has 1 aromatic carbocycles. The lowest BCUT2D eigenvalue weighted by Gasteiger charge is -2.26. The van der Waals surface area contributed by atoms with Gasteiger partial charge in [0.1, 0.15) is 0 Å². The minimum absolute atomic E-state index is 0.00932. The van der Waals surface area contributed by atoms with Crippen LogP contribution in [0.1, 0.15) is 38.2 Å². The van der Waals surface area contributed by atoms with E-state index >= 15 is 0 Å². The molecule has 0 unspecified atom stereocenters. The van der Waals surface area contributed by atoms with Gasteiger partial charge in [-0.25, -0.2) is 0 Å². The van der Waals surface area contributed by atoms with Gasteiger partial charge < -0.3 is 9.80 Å². The van der Waals surface area contributed by atoms with Crippen molar-refractivity contribution in [3.8, 4) is 0 Å². The highest BCUT2D eigenvalue weighted by molar-refractivity contribution is 5.84. The molecule has 0 radical (unpaired) electrons. The molecule has 2 heterocycles. The van der Waals surface area contributed by atoms with Crippen LogP contribution in [0.15, 0.2) is 30.3 Å². The maximum atomic E-state index is 12.8. The molecule has 1 atom stereocenters. The van der Waals surface area contributed by atoms with Crippen molar-refractivity contribution in [2.75, 3.05) is 32.7 Å². The number of amides is 2. The van der Waals surface area contributed by atoms with E-state index in [4.69, 9.17) is 0 Å². The smallest absolute Gasteiger partial charge is 0.240 e. The van der Waals surface area contributed by atoms with Crippen LogP contribution < -0.4 is 0 Å². The Bertz CT molecular complexity index is 590. The zero-order valence-electron chi connectivity index (χ0n) is 15.2. The van der Waals surface area contributed by atoms with E-state index in [1.807, 2.05) is 34.9 Å². The highest BCUT2D eigenvalue weighted by atomic mass is 16.2. The summed E-state index contributed by atoms with van der Waals surface area (Å²) in [5, 5.41) is 0. The highest BCUT2D eigenvalue weighted by Gasteiger charge is 2.36. The fourth-order valence-corrected chi connectivity index (χ4v) is 3.89. The third kappa shape index (κ3) is 4.40. The first-order chi connectivity index (χ1) is 12.2. The number of benzene rings is 1. The molecule has 2 aliphatic rings. The van der Waals surface area contributed by atoms with Gasteiger partial charge in [-0.3, -0.25) is 14.5 Å². The van der Waals surface area contributed by atoms with E-state index in [1.54, 1.807) is 0 Å². The normalized spacial score (nSPS) is 22.3. The minimum atomic E-state index is -0.00932. The summed E-state index contributed by atoms with van der Waals surface area (Å²) in [5.74, 6) is 0.505. The van der Waals surface area contributed by atoms with Gasteiger partial charge in [-0.2, -0.15) is 0 Å². The summed E-state index contributed by atoms with van der Waals surface area (Å²) in [6.45, 7) is 6.86. The van der Waals surface area contributed by atoms with Crippen LogP contribution in [0.4, 0.5) is 0 Å². The van der Waals surface area contributed by atoms with Gasteiger partial charge >= 0.3 is 0 Å². The van der Waals surface area contributed by atoms with Crippen LogP contribution >= 0.6 is 0 Å². The van der Waals surface area contributed by atoms with E-state index in [9.17, 15) is 9.59 Å². The lowest BCUT2D eigenvalue weighted by atomic mass is 10.2. The zero-order chi connectivity index (χ0) is 17.6. The van der Waals surface area contributed by atoms with Gasteiger partial charge in [0.05, 0.1) is 6.04 Å². The average Bonchev–Trinajstić information content (AvgIpc) is 2.84.